The zero-order valence-electron chi connectivity index (χ0n) is 14.4. The van der Waals surface area contributed by atoms with E-state index in [0.29, 0.717) is 19.0 Å². The Morgan fingerprint density at radius 1 is 1.20 bits per heavy atom. The average Bonchev–Trinajstić information content (AvgIpc) is 2.68. The maximum Gasteiger partial charge on any atom is 0.319 e. The fourth-order valence-electron chi connectivity index (χ4n) is 2.60. The predicted octanol–water partition coefficient (Wildman–Crippen LogP) is 2.20. The van der Waals surface area contributed by atoms with Gasteiger partial charge in [-0.1, -0.05) is 19.1 Å². The van der Waals surface area contributed by atoms with Gasteiger partial charge in [-0.25, -0.2) is 14.8 Å². The van der Waals surface area contributed by atoms with Gasteiger partial charge in [-0.3, -0.25) is 0 Å². The number of nitrogens with one attached hydrogen (secondary N) is 2. The van der Waals surface area contributed by atoms with E-state index in [1.807, 2.05) is 30.3 Å². The largest absolute Gasteiger partial charge is 0.378 e. The van der Waals surface area contributed by atoms with Gasteiger partial charge in [-0.2, -0.15) is 0 Å². The van der Waals surface area contributed by atoms with Crippen molar-refractivity contribution in [1.82, 2.24) is 15.3 Å². The maximum absolute atomic E-state index is 12.0. The lowest BCUT2D eigenvalue weighted by molar-refractivity contribution is 0.122. The lowest BCUT2D eigenvalue weighted by Crippen LogP contribution is -2.37. The Balaban J connectivity index is 1.52. The van der Waals surface area contributed by atoms with Crippen LogP contribution in [0.3, 0.4) is 0 Å². The third-order valence-electron chi connectivity index (χ3n) is 4.05. The summed E-state index contributed by atoms with van der Waals surface area (Å²) in [7, 11) is 0. The third kappa shape index (κ3) is 4.90. The van der Waals surface area contributed by atoms with Crippen LogP contribution in [0, 0.1) is 0 Å². The molecule has 2 aromatic rings. The molecule has 1 aromatic heterocycles. The van der Waals surface area contributed by atoms with E-state index in [2.05, 4.69) is 32.4 Å². The molecule has 3 rings (SSSR count). The Kier molecular flexibility index (Phi) is 5.79. The van der Waals surface area contributed by atoms with Crippen LogP contribution in [-0.2, 0) is 17.7 Å². The highest BCUT2D eigenvalue weighted by Gasteiger charge is 2.13. The molecule has 0 atom stereocenters. The highest BCUT2D eigenvalue weighted by atomic mass is 16.5. The number of benzene rings is 1. The van der Waals surface area contributed by atoms with E-state index in [0.717, 1.165) is 31.0 Å². The number of amides is 2. The van der Waals surface area contributed by atoms with Crippen molar-refractivity contribution < 1.29 is 9.53 Å². The highest BCUT2D eigenvalue weighted by molar-refractivity contribution is 5.89. The second-order valence-electron chi connectivity index (χ2n) is 5.79. The smallest absolute Gasteiger partial charge is 0.319 e. The van der Waals surface area contributed by atoms with Crippen LogP contribution in [0.4, 0.5) is 16.3 Å². The first-order chi connectivity index (χ1) is 12.2. The number of anilines is 2. The van der Waals surface area contributed by atoms with Crippen molar-refractivity contribution in [3.8, 4) is 0 Å². The minimum Gasteiger partial charge on any atom is -0.378 e. The topological polar surface area (TPSA) is 79.4 Å². The molecule has 132 valence electrons. The van der Waals surface area contributed by atoms with Crippen molar-refractivity contribution in [3.05, 3.63) is 47.9 Å². The van der Waals surface area contributed by atoms with E-state index in [1.165, 1.54) is 5.56 Å². The number of aryl methyl sites for hydroxylation is 1. The molecule has 0 bridgehead atoms. The molecule has 2 N–H and O–H groups in total. The van der Waals surface area contributed by atoms with Gasteiger partial charge in [0.25, 0.3) is 0 Å². The molecule has 7 heteroatoms. The van der Waals surface area contributed by atoms with E-state index in [-0.39, 0.29) is 12.6 Å². The summed E-state index contributed by atoms with van der Waals surface area (Å²) in [4.78, 5) is 22.9. The van der Waals surface area contributed by atoms with Crippen molar-refractivity contribution in [3.63, 3.8) is 0 Å². The van der Waals surface area contributed by atoms with Gasteiger partial charge in [-0.15, -0.1) is 0 Å². The lowest BCUT2D eigenvalue weighted by Gasteiger charge is -2.27. The molecule has 0 saturated carbocycles. The summed E-state index contributed by atoms with van der Waals surface area (Å²) >= 11 is 0. The molecule has 2 heterocycles. The quantitative estimate of drug-likeness (QED) is 0.871. The van der Waals surface area contributed by atoms with Crippen molar-refractivity contribution in [2.24, 2.45) is 0 Å². The monoisotopic (exact) mass is 341 g/mol. The van der Waals surface area contributed by atoms with Crippen molar-refractivity contribution in [2.75, 3.05) is 36.5 Å². The number of hydrogen-bond donors (Lipinski definition) is 2. The second-order valence-corrected chi connectivity index (χ2v) is 5.79. The van der Waals surface area contributed by atoms with Gasteiger partial charge in [0, 0.05) is 25.0 Å². The molecular formula is C18H23N5O2. The number of carbonyl (C=O) groups excluding carboxylic acids is 1. The molecule has 1 aliphatic heterocycles. The first-order valence-corrected chi connectivity index (χ1v) is 8.53. The summed E-state index contributed by atoms with van der Waals surface area (Å²) in [6.07, 6.45) is 2.69. The number of hydrogen-bond acceptors (Lipinski definition) is 5. The zero-order chi connectivity index (χ0) is 17.5. The fourth-order valence-corrected chi connectivity index (χ4v) is 2.60. The minimum atomic E-state index is -0.273. The second kappa shape index (κ2) is 8.43. The molecule has 1 fully saturated rings. The number of carbonyl (C=O) groups is 1. The van der Waals surface area contributed by atoms with Gasteiger partial charge < -0.3 is 20.3 Å². The van der Waals surface area contributed by atoms with E-state index in [9.17, 15) is 4.79 Å². The standard InChI is InChI=1S/C18H23N5O2/c1-2-14-3-5-15(6-4-14)21-18(24)20-13-16-19-8-7-17(22-16)23-9-11-25-12-10-23/h3-8H,2,9-13H2,1H3,(H2,20,21,24). The number of urea groups is 1. The maximum atomic E-state index is 12.0. The molecule has 2 amide bonds. The van der Waals surface area contributed by atoms with Gasteiger partial charge in [0.2, 0.25) is 0 Å². The molecule has 0 radical (unpaired) electrons. The van der Waals surface area contributed by atoms with Crippen molar-refractivity contribution >= 4 is 17.5 Å². The highest BCUT2D eigenvalue weighted by Crippen LogP contribution is 2.12. The first kappa shape index (κ1) is 17.2. The summed E-state index contributed by atoms with van der Waals surface area (Å²) in [6, 6.07) is 9.41. The van der Waals surface area contributed by atoms with E-state index in [1.54, 1.807) is 6.20 Å². The Morgan fingerprint density at radius 3 is 2.68 bits per heavy atom. The first-order valence-electron chi connectivity index (χ1n) is 8.53. The average molecular weight is 341 g/mol. The number of morpholine rings is 1. The van der Waals surface area contributed by atoms with E-state index < -0.39 is 0 Å². The molecule has 1 aromatic carbocycles. The number of nitrogens with zero attached hydrogens (tertiary/aromatic N) is 3. The van der Waals surface area contributed by atoms with Gasteiger partial charge in [-0.05, 0) is 30.2 Å². The Morgan fingerprint density at radius 2 is 1.96 bits per heavy atom. The SMILES string of the molecule is CCc1ccc(NC(=O)NCc2nccc(N3CCOCC3)n2)cc1. The van der Waals surface area contributed by atoms with Gasteiger partial charge in [0.15, 0.2) is 0 Å². The molecule has 0 spiro atoms. The fraction of sp³-hybridized carbons (Fsp3) is 0.389. The molecule has 1 saturated heterocycles. The van der Waals surface area contributed by atoms with Crippen LogP contribution in [-0.4, -0.2) is 42.3 Å². The summed E-state index contributed by atoms with van der Waals surface area (Å²) in [5, 5.41) is 5.60. The Labute approximate surface area is 147 Å². The van der Waals surface area contributed by atoms with E-state index in [4.69, 9.17) is 4.74 Å². The van der Waals surface area contributed by atoms with E-state index >= 15 is 0 Å². The Bertz CT molecular complexity index is 699. The molecule has 0 aliphatic carbocycles. The summed E-state index contributed by atoms with van der Waals surface area (Å²) in [5.41, 5.74) is 2.00. The number of aromatic nitrogens is 2. The molecule has 7 nitrogen and oxygen atoms in total. The zero-order valence-corrected chi connectivity index (χ0v) is 14.4. The number of ether oxygens (including phenoxy) is 1. The summed E-state index contributed by atoms with van der Waals surface area (Å²) in [5.74, 6) is 1.45. The number of rotatable bonds is 5. The van der Waals surface area contributed by atoms with Crippen molar-refractivity contribution in [1.29, 1.82) is 0 Å². The predicted molar refractivity (Wildman–Crippen MR) is 96.7 cm³/mol. The molecule has 1 aliphatic rings. The molecule has 0 unspecified atom stereocenters. The normalized spacial score (nSPS) is 14.2. The van der Waals surface area contributed by atoms with Crippen molar-refractivity contribution in [2.45, 2.75) is 19.9 Å². The van der Waals surface area contributed by atoms with Crippen LogP contribution < -0.4 is 15.5 Å². The van der Waals surface area contributed by atoms with Gasteiger partial charge in [0.05, 0.1) is 19.8 Å². The summed E-state index contributed by atoms with van der Waals surface area (Å²) in [6.45, 7) is 5.42. The van der Waals surface area contributed by atoms with Crippen LogP contribution in [0.15, 0.2) is 36.5 Å². The van der Waals surface area contributed by atoms with Gasteiger partial charge >= 0.3 is 6.03 Å². The van der Waals surface area contributed by atoms with Crippen LogP contribution in [0.5, 0.6) is 0 Å². The molecule has 25 heavy (non-hydrogen) atoms. The van der Waals surface area contributed by atoms with Crippen LogP contribution in [0.25, 0.3) is 0 Å². The minimum absolute atomic E-state index is 0.273. The Hall–Kier alpha value is -2.67. The third-order valence-corrected chi connectivity index (χ3v) is 4.05. The van der Waals surface area contributed by atoms with Crippen LogP contribution in [0.1, 0.15) is 18.3 Å². The molecular weight excluding hydrogens is 318 g/mol. The summed E-state index contributed by atoms with van der Waals surface area (Å²) < 4.78 is 5.35. The van der Waals surface area contributed by atoms with Crippen LogP contribution >= 0.6 is 0 Å². The lowest BCUT2D eigenvalue weighted by atomic mass is 10.1. The van der Waals surface area contributed by atoms with Crippen LogP contribution in [0.2, 0.25) is 0 Å². The van der Waals surface area contributed by atoms with Gasteiger partial charge in [0.1, 0.15) is 11.6 Å².